The maximum atomic E-state index is 13.7. The van der Waals surface area contributed by atoms with Crippen molar-refractivity contribution in [2.24, 2.45) is 0 Å². The van der Waals surface area contributed by atoms with E-state index in [2.05, 4.69) is 27.2 Å². The fourth-order valence-electron chi connectivity index (χ4n) is 3.00. The summed E-state index contributed by atoms with van der Waals surface area (Å²) in [6.45, 7) is 4.94. The Morgan fingerprint density at radius 2 is 1.72 bits per heavy atom. The highest BCUT2D eigenvalue weighted by Gasteiger charge is 2.26. The van der Waals surface area contributed by atoms with Crippen molar-refractivity contribution in [1.82, 2.24) is 4.90 Å². The maximum Gasteiger partial charge on any atom is 0.241 e. The number of carbonyl (C=O) groups excluding carboxylic acids is 1. The Kier molecular flexibility index (Phi) is 5.28. The van der Waals surface area contributed by atoms with E-state index in [1.165, 1.54) is 11.8 Å². The number of carbonyl (C=O) groups is 1. The fraction of sp³-hybridized carbons (Fsp3) is 0.316. The molecule has 1 N–H and O–H groups in total. The number of halogens is 2. The van der Waals surface area contributed by atoms with Gasteiger partial charge in [0, 0.05) is 37.9 Å². The first kappa shape index (κ1) is 17.4. The van der Waals surface area contributed by atoms with E-state index in [9.17, 15) is 13.6 Å². The van der Waals surface area contributed by atoms with Crippen LogP contribution < -0.4 is 10.2 Å². The number of hydrogen-bond acceptors (Lipinski definition) is 3. The number of para-hydroxylation sites is 1. The number of nitrogens with zero attached hydrogens (tertiary/aromatic N) is 2. The topological polar surface area (TPSA) is 35.6 Å². The van der Waals surface area contributed by atoms with Crippen molar-refractivity contribution in [3.05, 3.63) is 60.2 Å². The van der Waals surface area contributed by atoms with Gasteiger partial charge < -0.3 is 10.2 Å². The van der Waals surface area contributed by atoms with Gasteiger partial charge in [-0.3, -0.25) is 9.69 Å². The zero-order valence-electron chi connectivity index (χ0n) is 14.1. The van der Waals surface area contributed by atoms with Crippen LogP contribution in [-0.2, 0) is 4.79 Å². The minimum absolute atomic E-state index is 0.00108. The van der Waals surface area contributed by atoms with Gasteiger partial charge in [0.2, 0.25) is 5.91 Å². The fourth-order valence-corrected chi connectivity index (χ4v) is 3.00. The summed E-state index contributed by atoms with van der Waals surface area (Å²) in [5.41, 5.74) is 1.17. The lowest BCUT2D eigenvalue weighted by molar-refractivity contribution is -0.120. The molecule has 1 aliphatic rings. The molecule has 1 atom stereocenters. The number of amides is 1. The average molecular weight is 345 g/mol. The maximum absolute atomic E-state index is 13.7. The third-order valence-corrected chi connectivity index (χ3v) is 4.55. The number of hydrogen-bond donors (Lipinski definition) is 1. The van der Waals surface area contributed by atoms with Crippen molar-refractivity contribution in [2.45, 2.75) is 13.0 Å². The molecule has 2 aromatic carbocycles. The molecule has 25 heavy (non-hydrogen) atoms. The van der Waals surface area contributed by atoms with E-state index in [1.807, 2.05) is 18.2 Å². The molecule has 1 amide bonds. The van der Waals surface area contributed by atoms with Crippen LogP contribution >= 0.6 is 0 Å². The molecule has 1 heterocycles. The Balaban J connectivity index is 1.56. The first-order valence-corrected chi connectivity index (χ1v) is 8.34. The number of rotatable bonds is 4. The van der Waals surface area contributed by atoms with E-state index < -0.39 is 11.6 Å². The molecule has 2 aromatic rings. The first-order valence-electron chi connectivity index (χ1n) is 8.34. The number of piperazine rings is 1. The third kappa shape index (κ3) is 4.14. The van der Waals surface area contributed by atoms with Crippen LogP contribution in [0, 0.1) is 11.6 Å². The van der Waals surface area contributed by atoms with E-state index in [-0.39, 0.29) is 17.6 Å². The second-order valence-corrected chi connectivity index (χ2v) is 6.15. The molecule has 0 aliphatic carbocycles. The second-order valence-electron chi connectivity index (χ2n) is 6.15. The van der Waals surface area contributed by atoms with Crippen molar-refractivity contribution < 1.29 is 13.6 Å². The SMILES string of the molecule is C[C@H](C(=O)Nc1ccc(F)cc1F)N1CCN(c2ccccc2)CC1. The standard InChI is InChI=1S/C19H21F2N3O/c1-14(19(25)22-18-8-7-15(20)13-17(18)21)23-9-11-24(12-10-23)16-5-3-2-4-6-16/h2-8,13-14H,9-12H2,1H3,(H,22,25)/t14-/m1/s1. The molecule has 1 aliphatic heterocycles. The van der Waals surface area contributed by atoms with Gasteiger partial charge in [-0.15, -0.1) is 0 Å². The summed E-state index contributed by atoms with van der Waals surface area (Å²) >= 11 is 0. The van der Waals surface area contributed by atoms with Crippen LogP contribution in [0.25, 0.3) is 0 Å². The largest absolute Gasteiger partial charge is 0.369 e. The minimum atomic E-state index is -0.769. The van der Waals surface area contributed by atoms with Gasteiger partial charge in [-0.05, 0) is 31.2 Å². The molecule has 0 unspecified atom stereocenters. The molecule has 0 aromatic heterocycles. The van der Waals surface area contributed by atoms with E-state index in [0.717, 1.165) is 38.3 Å². The van der Waals surface area contributed by atoms with Crippen molar-refractivity contribution in [3.63, 3.8) is 0 Å². The Hall–Kier alpha value is -2.47. The zero-order valence-corrected chi connectivity index (χ0v) is 14.1. The molecule has 3 rings (SSSR count). The summed E-state index contributed by atoms with van der Waals surface area (Å²) in [5, 5.41) is 2.54. The zero-order chi connectivity index (χ0) is 17.8. The molecule has 6 heteroatoms. The second kappa shape index (κ2) is 7.61. The van der Waals surface area contributed by atoms with Gasteiger partial charge >= 0.3 is 0 Å². The van der Waals surface area contributed by atoms with Crippen LogP contribution in [-0.4, -0.2) is 43.0 Å². The monoisotopic (exact) mass is 345 g/mol. The molecule has 0 bridgehead atoms. The summed E-state index contributed by atoms with van der Waals surface area (Å²) in [7, 11) is 0. The lowest BCUT2D eigenvalue weighted by atomic mass is 10.2. The van der Waals surface area contributed by atoms with Crippen molar-refractivity contribution >= 4 is 17.3 Å². The lowest BCUT2D eigenvalue weighted by Crippen LogP contribution is -2.52. The van der Waals surface area contributed by atoms with Gasteiger partial charge in [0.25, 0.3) is 0 Å². The van der Waals surface area contributed by atoms with Gasteiger partial charge in [-0.2, -0.15) is 0 Å². The molecule has 0 saturated carbocycles. The highest BCUT2D eigenvalue weighted by Crippen LogP contribution is 2.18. The quantitative estimate of drug-likeness (QED) is 0.925. The average Bonchev–Trinajstić information content (AvgIpc) is 2.64. The van der Waals surface area contributed by atoms with Crippen LogP contribution in [0.2, 0.25) is 0 Å². The van der Waals surface area contributed by atoms with Crippen LogP contribution in [0.1, 0.15) is 6.92 Å². The van der Waals surface area contributed by atoms with Crippen molar-refractivity contribution in [3.8, 4) is 0 Å². The molecule has 1 saturated heterocycles. The summed E-state index contributed by atoms with van der Waals surface area (Å²) in [5.74, 6) is -1.73. The molecule has 1 fully saturated rings. The Morgan fingerprint density at radius 1 is 1.04 bits per heavy atom. The highest BCUT2D eigenvalue weighted by molar-refractivity contribution is 5.94. The van der Waals surface area contributed by atoms with E-state index in [4.69, 9.17) is 0 Å². The molecule has 0 spiro atoms. The van der Waals surface area contributed by atoms with Crippen LogP contribution in [0.15, 0.2) is 48.5 Å². The summed E-state index contributed by atoms with van der Waals surface area (Å²) < 4.78 is 26.6. The van der Waals surface area contributed by atoms with E-state index >= 15 is 0 Å². The van der Waals surface area contributed by atoms with E-state index in [0.29, 0.717) is 0 Å². The number of anilines is 2. The van der Waals surface area contributed by atoms with Crippen molar-refractivity contribution in [2.75, 3.05) is 36.4 Å². The number of benzene rings is 2. The van der Waals surface area contributed by atoms with Crippen LogP contribution in [0.5, 0.6) is 0 Å². The van der Waals surface area contributed by atoms with Gasteiger partial charge in [0.15, 0.2) is 0 Å². The predicted octanol–water partition coefficient (Wildman–Crippen LogP) is 3.11. The van der Waals surface area contributed by atoms with Crippen LogP contribution in [0.4, 0.5) is 20.2 Å². The third-order valence-electron chi connectivity index (χ3n) is 4.55. The van der Waals surface area contributed by atoms with E-state index in [1.54, 1.807) is 6.92 Å². The van der Waals surface area contributed by atoms with Gasteiger partial charge in [0.1, 0.15) is 11.6 Å². The van der Waals surface area contributed by atoms with Crippen LogP contribution in [0.3, 0.4) is 0 Å². The summed E-state index contributed by atoms with van der Waals surface area (Å²) in [6, 6.07) is 12.9. The predicted molar refractivity (Wildman–Crippen MR) is 94.7 cm³/mol. The number of nitrogens with one attached hydrogen (secondary N) is 1. The molecular formula is C19H21F2N3O. The summed E-state index contributed by atoms with van der Waals surface area (Å²) in [4.78, 5) is 16.7. The van der Waals surface area contributed by atoms with Gasteiger partial charge in [0.05, 0.1) is 11.7 Å². The lowest BCUT2D eigenvalue weighted by Gasteiger charge is -2.38. The molecule has 4 nitrogen and oxygen atoms in total. The minimum Gasteiger partial charge on any atom is -0.369 e. The Morgan fingerprint density at radius 3 is 2.36 bits per heavy atom. The Labute approximate surface area is 146 Å². The van der Waals surface area contributed by atoms with Crippen molar-refractivity contribution in [1.29, 1.82) is 0 Å². The smallest absolute Gasteiger partial charge is 0.241 e. The highest BCUT2D eigenvalue weighted by atomic mass is 19.1. The molecule has 0 radical (unpaired) electrons. The molecular weight excluding hydrogens is 324 g/mol. The first-order chi connectivity index (χ1) is 12.0. The summed E-state index contributed by atoms with van der Waals surface area (Å²) in [6.07, 6.45) is 0. The van der Waals surface area contributed by atoms with Gasteiger partial charge in [-0.1, -0.05) is 18.2 Å². The normalized spacial score (nSPS) is 16.5. The molecule has 132 valence electrons. The van der Waals surface area contributed by atoms with Gasteiger partial charge in [-0.25, -0.2) is 8.78 Å². The Bertz CT molecular complexity index is 731.